The zero-order valence-corrected chi connectivity index (χ0v) is 21.9. The van der Waals surface area contributed by atoms with Gasteiger partial charge < -0.3 is 5.32 Å². The molecule has 0 aromatic heterocycles. The standard InChI is InChI=1S/C26H28FN3O5S2/c1-19-6-2-5-9-25(19)29-37(34,35)23-12-10-22(11-13-23)28-26(31)20-14-16-30(17-15-20)36(32,33)18-21-7-3-4-8-24(21)27/h2-13,20,29H,14-18H2,1H3,(H,28,31). The number of para-hydroxylation sites is 1. The van der Waals surface area contributed by atoms with Crippen LogP contribution in [-0.4, -0.2) is 40.1 Å². The molecular weight excluding hydrogens is 517 g/mol. The first-order valence-corrected chi connectivity index (χ1v) is 14.8. The number of hydrogen-bond acceptors (Lipinski definition) is 5. The van der Waals surface area contributed by atoms with Crippen molar-refractivity contribution in [2.45, 2.75) is 30.4 Å². The van der Waals surface area contributed by atoms with Crippen molar-refractivity contribution < 1.29 is 26.0 Å². The van der Waals surface area contributed by atoms with Crippen molar-refractivity contribution in [2.24, 2.45) is 5.92 Å². The minimum atomic E-state index is -3.80. The fraction of sp³-hybridized carbons (Fsp3) is 0.269. The molecule has 3 aromatic carbocycles. The molecule has 0 atom stereocenters. The van der Waals surface area contributed by atoms with Crippen LogP contribution in [0, 0.1) is 18.7 Å². The molecule has 0 aliphatic carbocycles. The Bertz CT molecular complexity index is 1480. The van der Waals surface area contributed by atoms with Crippen LogP contribution in [0.2, 0.25) is 0 Å². The summed E-state index contributed by atoms with van der Waals surface area (Å²) in [5.74, 6) is -1.65. The van der Waals surface area contributed by atoms with Crippen LogP contribution in [-0.2, 0) is 30.6 Å². The Kier molecular flexibility index (Phi) is 7.96. The van der Waals surface area contributed by atoms with Gasteiger partial charge >= 0.3 is 0 Å². The van der Waals surface area contributed by atoms with Crippen molar-refractivity contribution in [3.05, 3.63) is 89.7 Å². The number of halogens is 1. The number of anilines is 2. The molecule has 1 amide bonds. The number of piperidine rings is 1. The highest BCUT2D eigenvalue weighted by Crippen LogP contribution is 2.25. The lowest BCUT2D eigenvalue weighted by molar-refractivity contribution is -0.120. The summed E-state index contributed by atoms with van der Waals surface area (Å²) in [6, 6.07) is 18.7. The Labute approximate surface area is 216 Å². The van der Waals surface area contributed by atoms with Crippen LogP contribution in [0.25, 0.3) is 0 Å². The predicted octanol–water partition coefficient (Wildman–Crippen LogP) is 4.12. The van der Waals surface area contributed by atoms with Gasteiger partial charge in [0.15, 0.2) is 0 Å². The first-order chi connectivity index (χ1) is 17.5. The predicted molar refractivity (Wildman–Crippen MR) is 140 cm³/mol. The lowest BCUT2D eigenvalue weighted by atomic mass is 9.97. The van der Waals surface area contributed by atoms with Crippen molar-refractivity contribution in [3.63, 3.8) is 0 Å². The zero-order valence-electron chi connectivity index (χ0n) is 20.2. The van der Waals surface area contributed by atoms with Gasteiger partial charge in [-0.3, -0.25) is 9.52 Å². The van der Waals surface area contributed by atoms with E-state index in [-0.39, 0.29) is 29.5 Å². The molecule has 0 radical (unpaired) electrons. The summed E-state index contributed by atoms with van der Waals surface area (Å²) < 4.78 is 68.6. The van der Waals surface area contributed by atoms with Gasteiger partial charge in [-0.2, -0.15) is 0 Å². The maximum atomic E-state index is 13.9. The van der Waals surface area contributed by atoms with Crippen LogP contribution < -0.4 is 10.0 Å². The van der Waals surface area contributed by atoms with Gasteiger partial charge in [0.2, 0.25) is 15.9 Å². The summed E-state index contributed by atoms with van der Waals surface area (Å²) in [4.78, 5) is 12.8. The molecule has 2 N–H and O–H groups in total. The summed E-state index contributed by atoms with van der Waals surface area (Å²) in [7, 11) is -7.51. The zero-order chi connectivity index (χ0) is 26.6. The summed E-state index contributed by atoms with van der Waals surface area (Å²) >= 11 is 0. The van der Waals surface area contributed by atoms with Gasteiger partial charge in [0.25, 0.3) is 10.0 Å². The summed E-state index contributed by atoms with van der Waals surface area (Å²) in [5.41, 5.74) is 1.83. The molecule has 196 valence electrons. The average molecular weight is 546 g/mol. The molecule has 37 heavy (non-hydrogen) atoms. The molecule has 8 nitrogen and oxygen atoms in total. The maximum Gasteiger partial charge on any atom is 0.261 e. The third-order valence-corrected chi connectivity index (χ3v) is 9.54. The Balaban J connectivity index is 1.32. The van der Waals surface area contributed by atoms with E-state index < -0.39 is 37.5 Å². The molecule has 1 aliphatic rings. The Hall–Kier alpha value is -3.28. The number of amides is 1. The fourth-order valence-corrected chi connectivity index (χ4v) is 6.86. The second kappa shape index (κ2) is 11.0. The number of benzene rings is 3. The van der Waals surface area contributed by atoms with E-state index in [1.54, 1.807) is 31.2 Å². The van der Waals surface area contributed by atoms with Gasteiger partial charge in [0, 0.05) is 30.3 Å². The molecule has 0 bridgehead atoms. The summed E-state index contributed by atoms with van der Waals surface area (Å²) in [5, 5.41) is 2.78. The van der Waals surface area contributed by atoms with Gasteiger partial charge in [-0.1, -0.05) is 36.4 Å². The molecule has 1 aliphatic heterocycles. The molecule has 0 saturated carbocycles. The van der Waals surface area contributed by atoms with Crippen molar-refractivity contribution in [2.75, 3.05) is 23.1 Å². The second-order valence-corrected chi connectivity index (χ2v) is 12.6. The van der Waals surface area contributed by atoms with Gasteiger partial charge in [0.1, 0.15) is 5.82 Å². The first kappa shape index (κ1) is 26.8. The number of sulfonamides is 2. The topological polar surface area (TPSA) is 113 Å². The van der Waals surface area contributed by atoms with Gasteiger partial charge in [0.05, 0.1) is 16.3 Å². The smallest absolute Gasteiger partial charge is 0.261 e. The number of nitrogens with zero attached hydrogens (tertiary/aromatic N) is 1. The molecule has 11 heteroatoms. The number of carbonyl (C=O) groups excluding carboxylic acids is 1. The second-order valence-electron chi connectivity index (χ2n) is 8.96. The highest BCUT2D eigenvalue weighted by molar-refractivity contribution is 7.92. The largest absolute Gasteiger partial charge is 0.326 e. The third kappa shape index (κ3) is 6.54. The highest BCUT2D eigenvalue weighted by atomic mass is 32.2. The van der Waals surface area contributed by atoms with Crippen LogP contribution >= 0.6 is 0 Å². The number of nitrogens with one attached hydrogen (secondary N) is 2. The van der Waals surface area contributed by atoms with Crippen molar-refractivity contribution in [3.8, 4) is 0 Å². The number of hydrogen-bond donors (Lipinski definition) is 2. The number of aryl methyl sites for hydroxylation is 1. The number of rotatable bonds is 8. The van der Waals surface area contributed by atoms with Crippen LogP contribution in [0.4, 0.5) is 15.8 Å². The SMILES string of the molecule is Cc1ccccc1NS(=O)(=O)c1ccc(NC(=O)C2CCN(S(=O)(=O)Cc3ccccc3F)CC2)cc1. The van der Waals surface area contributed by atoms with E-state index in [0.717, 1.165) is 5.56 Å². The van der Waals surface area contributed by atoms with Crippen LogP contribution in [0.15, 0.2) is 77.7 Å². The van der Waals surface area contributed by atoms with E-state index in [1.165, 1.54) is 46.8 Å². The molecule has 3 aromatic rings. The molecule has 1 saturated heterocycles. The minimum Gasteiger partial charge on any atom is -0.326 e. The average Bonchev–Trinajstić information content (AvgIpc) is 2.87. The lowest BCUT2D eigenvalue weighted by Gasteiger charge is -2.30. The number of carbonyl (C=O) groups is 1. The monoisotopic (exact) mass is 545 g/mol. The van der Waals surface area contributed by atoms with E-state index in [9.17, 15) is 26.0 Å². The molecule has 0 spiro atoms. The molecule has 4 rings (SSSR count). The highest BCUT2D eigenvalue weighted by Gasteiger charge is 2.31. The van der Waals surface area contributed by atoms with Crippen LogP contribution in [0.1, 0.15) is 24.0 Å². The van der Waals surface area contributed by atoms with E-state index in [2.05, 4.69) is 10.0 Å². The Morgan fingerprint density at radius 2 is 1.54 bits per heavy atom. The Morgan fingerprint density at radius 3 is 2.19 bits per heavy atom. The van der Waals surface area contributed by atoms with E-state index in [1.807, 2.05) is 6.07 Å². The lowest BCUT2D eigenvalue weighted by Crippen LogP contribution is -2.42. The summed E-state index contributed by atoms with van der Waals surface area (Å²) in [6.45, 7) is 2.13. The maximum absolute atomic E-state index is 13.9. The van der Waals surface area contributed by atoms with Crippen molar-refractivity contribution in [1.29, 1.82) is 0 Å². The third-order valence-electron chi connectivity index (χ3n) is 6.34. The first-order valence-electron chi connectivity index (χ1n) is 11.8. The summed E-state index contributed by atoms with van der Waals surface area (Å²) in [6.07, 6.45) is 0.657. The van der Waals surface area contributed by atoms with E-state index >= 15 is 0 Å². The quantitative estimate of drug-likeness (QED) is 0.442. The Morgan fingerprint density at radius 1 is 0.919 bits per heavy atom. The van der Waals surface area contributed by atoms with E-state index in [0.29, 0.717) is 24.2 Å². The van der Waals surface area contributed by atoms with Crippen LogP contribution in [0.3, 0.4) is 0 Å². The fourth-order valence-electron chi connectivity index (χ4n) is 4.15. The molecule has 1 fully saturated rings. The van der Waals surface area contributed by atoms with E-state index in [4.69, 9.17) is 0 Å². The molecular formula is C26H28FN3O5S2. The van der Waals surface area contributed by atoms with Crippen molar-refractivity contribution in [1.82, 2.24) is 4.31 Å². The molecule has 1 heterocycles. The van der Waals surface area contributed by atoms with Crippen molar-refractivity contribution >= 4 is 37.3 Å². The van der Waals surface area contributed by atoms with Gasteiger partial charge in [-0.15, -0.1) is 0 Å². The molecule has 0 unspecified atom stereocenters. The van der Waals surface area contributed by atoms with Gasteiger partial charge in [-0.25, -0.2) is 25.5 Å². The minimum absolute atomic E-state index is 0.0575. The van der Waals surface area contributed by atoms with Crippen LogP contribution in [0.5, 0.6) is 0 Å². The normalized spacial score (nSPS) is 15.3. The van der Waals surface area contributed by atoms with Gasteiger partial charge in [-0.05, 0) is 61.7 Å².